The highest BCUT2D eigenvalue weighted by Crippen LogP contribution is 2.10. The Morgan fingerprint density at radius 1 is 1.58 bits per heavy atom. The van der Waals surface area contributed by atoms with E-state index in [0.29, 0.717) is 6.29 Å². The van der Waals surface area contributed by atoms with Crippen molar-refractivity contribution in [2.75, 3.05) is 0 Å². The molecule has 12 heavy (non-hydrogen) atoms. The molecule has 0 amide bonds. The monoisotopic (exact) mass is 174 g/mol. The van der Waals surface area contributed by atoms with Gasteiger partial charge in [0.15, 0.2) is 6.29 Å². The number of carbonyl (C=O) groups excluding carboxylic acids is 3. The van der Waals surface area contributed by atoms with Gasteiger partial charge >= 0.3 is 5.97 Å². The molecule has 68 valence electrons. The van der Waals surface area contributed by atoms with Gasteiger partial charge < -0.3 is 14.6 Å². The number of rotatable bonds is 5. The van der Waals surface area contributed by atoms with Crippen LogP contribution in [-0.2, 0) is 19.1 Å². The van der Waals surface area contributed by atoms with E-state index in [1.807, 2.05) is 0 Å². The molecule has 0 fully saturated rings. The summed E-state index contributed by atoms with van der Waals surface area (Å²) in [6.07, 6.45) is 0.373. The molecule has 0 spiro atoms. The van der Waals surface area contributed by atoms with Crippen LogP contribution in [-0.4, -0.2) is 29.4 Å². The lowest BCUT2D eigenvalue weighted by molar-refractivity contribution is -0.202. The molecule has 0 aliphatic rings. The molecule has 0 aromatic rings. The van der Waals surface area contributed by atoms with Crippen molar-refractivity contribution in [2.45, 2.75) is 25.6 Å². The van der Waals surface area contributed by atoms with Crippen LogP contribution in [0.5, 0.6) is 0 Å². The van der Waals surface area contributed by atoms with Gasteiger partial charge in [-0.2, -0.15) is 0 Å². The molecule has 1 N–H and O–H groups in total. The van der Waals surface area contributed by atoms with E-state index in [-0.39, 0.29) is 19.1 Å². The highest BCUT2D eigenvalue weighted by Gasteiger charge is 2.29. The normalized spacial score (nSPS) is 14.5. The van der Waals surface area contributed by atoms with Gasteiger partial charge in [-0.25, -0.2) is 0 Å². The van der Waals surface area contributed by atoms with E-state index in [4.69, 9.17) is 5.11 Å². The van der Waals surface area contributed by atoms with E-state index in [0.717, 1.165) is 6.92 Å². The molecule has 0 bridgehead atoms. The van der Waals surface area contributed by atoms with Gasteiger partial charge in [-0.3, -0.25) is 9.59 Å². The Bertz CT molecular complexity index is 188. The quantitative estimate of drug-likeness (QED) is 0.342. The van der Waals surface area contributed by atoms with Crippen molar-refractivity contribution in [3.05, 3.63) is 0 Å². The maximum atomic E-state index is 10.4. The maximum absolute atomic E-state index is 10.4. The summed E-state index contributed by atoms with van der Waals surface area (Å²) in [6, 6.07) is 0. The smallest absolute Gasteiger partial charge is 0.305 e. The van der Waals surface area contributed by atoms with Crippen LogP contribution < -0.4 is 0 Å². The zero-order valence-electron chi connectivity index (χ0n) is 6.65. The van der Waals surface area contributed by atoms with Crippen LogP contribution in [0, 0.1) is 0 Å². The van der Waals surface area contributed by atoms with Crippen molar-refractivity contribution in [2.24, 2.45) is 0 Å². The van der Waals surface area contributed by atoms with Gasteiger partial charge in [-0.1, -0.05) is 0 Å². The van der Waals surface area contributed by atoms with Crippen LogP contribution in [0.3, 0.4) is 0 Å². The Morgan fingerprint density at radius 2 is 2.17 bits per heavy atom. The second kappa shape index (κ2) is 4.61. The minimum absolute atomic E-state index is 0.0392. The van der Waals surface area contributed by atoms with Crippen molar-refractivity contribution < 1.29 is 24.2 Å². The lowest BCUT2D eigenvalue weighted by Crippen LogP contribution is -2.36. The molecule has 0 saturated carbocycles. The number of ether oxygens (including phenoxy) is 1. The molecule has 0 aliphatic carbocycles. The first-order valence-corrected chi connectivity index (χ1v) is 3.36. The van der Waals surface area contributed by atoms with Crippen molar-refractivity contribution in [3.8, 4) is 0 Å². The molecule has 0 saturated heterocycles. The topological polar surface area (TPSA) is 80.7 Å². The van der Waals surface area contributed by atoms with Crippen LogP contribution in [0.2, 0.25) is 0 Å². The largest absolute Gasteiger partial charge is 0.426 e. The Labute approximate surface area is 69.3 Å². The molecular formula is C7H10O5. The SMILES string of the molecule is CC(=O)OC(O)(C=O)CCC=O. The fourth-order valence-corrected chi connectivity index (χ4v) is 0.649. The van der Waals surface area contributed by atoms with Crippen LogP contribution in [0.15, 0.2) is 0 Å². The van der Waals surface area contributed by atoms with Gasteiger partial charge in [-0.05, 0) is 0 Å². The number of aldehydes is 2. The third-order valence-electron chi connectivity index (χ3n) is 1.13. The van der Waals surface area contributed by atoms with E-state index in [1.54, 1.807) is 0 Å². The molecule has 0 radical (unpaired) electrons. The van der Waals surface area contributed by atoms with Gasteiger partial charge in [0.05, 0.1) is 0 Å². The van der Waals surface area contributed by atoms with E-state index < -0.39 is 11.8 Å². The molecule has 1 atom stereocenters. The van der Waals surface area contributed by atoms with E-state index in [2.05, 4.69) is 4.74 Å². The summed E-state index contributed by atoms with van der Waals surface area (Å²) in [4.78, 5) is 30.5. The van der Waals surface area contributed by atoms with Crippen molar-refractivity contribution in [1.29, 1.82) is 0 Å². The van der Waals surface area contributed by atoms with E-state index in [1.165, 1.54) is 0 Å². The average molecular weight is 174 g/mol. The van der Waals surface area contributed by atoms with Crippen molar-refractivity contribution >= 4 is 18.5 Å². The molecule has 5 heteroatoms. The van der Waals surface area contributed by atoms with Gasteiger partial charge in [0, 0.05) is 19.8 Å². The third kappa shape index (κ3) is 3.82. The zero-order valence-corrected chi connectivity index (χ0v) is 6.65. The molecule has 0 aromatic carbocycles. The standard InChI is InChI=1S/C7H10O5/c1-6(10)12-7(11,5-9)3-2-4-8/h4-5,11H,2-3H2,1H3. The summed E-state index contributed by atoms with van der Waals surface area (Å²) in [5.74, 6) is -2.91. The summed E-state index contributed by atoms with van der Waals surface area (Å²) in [6.45, 7) is 1.06. The molecule has 1 unspecified atom stereocenters. The number of aliphatic hydroxyl groups is 1. The molecule has 0 heterocycles. The van der Waals surface area contributed by atoms with Gasteiger partial charge in [0.1, 0.15) is 6.29 Å². The summed E-state index contributed by atoms with van der Waals surface area (Å²) < 4.78 is 4.28. The molecule has 0 aliphatic heterocycles. The molecular weight excluding hydrogens is 164 g/mol. The highest BCUT2D eigenvalue weighted by molar-refractivity contribution is 5.71. The zero-order chi connectivity index (χ0) is 9.61. The second-order valence-corrected chi connectivity index (χ2v) is 2.26. The van der Waals surface area contributed by atoms with E-state index in [9.17, 15) is 14.4 Å². The molecule has 0 rings (SSSR count). The maximum Gasteiger partial charge on any atom is 0.305 e. The van der Waals surface area contributed by atoms with Crippen LogP contribution >= 0.6 is 0 Å². The highest BCUT2D eigenvalue weighted by atomic mass is 16.7. The Hall–Kier alpha value is -1.23. The van der Waals surface area contributed by atoms with Gasteiger partial charge in [0.25, 0.3) is 5.79 Å². The second-order valence-electron chi connectivity index (χ2n) is 2.26. The van der Waals surface area contributed by atoms with Crippen molar-refractivity contribution in [1.82, 2.24) is 0 Å². The fourth-order valence-electron chi connectivity index (χ4n) is 0.649. The van der Waals surface area contributed by atoms with Crippen LogP contribution in [0.25, 0.3) is 0 Å². The Balaban J connectivity index is 4.12. The first-order chi connectivity index (χ1) is 5.54. The number of hydrogen-bond donors (Lipinski definition) is 1. The number of hydrogen-bond acceptors (Lipinski definition) is 5. The van der Waals surface area contributed by atoms with Crippen molar-refractivity contribution in [3.63, 3.8) is 0 Å². The predicted molar refractivity (Wildman–Crippen MR) is 38.1 cm³/mol. The summed E-state index contributed by atoms with van der Waals surface area (Å²) in [5.41, 5.74) is 0. The lowest BCUT2D eigenvalue weighted by atomic mass is 10.2. The summed E-state index contributed by atoms with van der Waals surface area (Å²) in [5, 5.41) is 9.15. The van der Waals surface area contributed by atoms with Crippen LogP contribution in [0.1, 0.15) is 19.8 Å². The minimum Gasteiger partial charge on any atom is -0.426 e. The Morgan fingerprint density at radius 3 is 2.50 bits per heavy atom. The van der Waals surface area contributed by atoms with Crippen LogP contribution in [0.4, 0.5) is 0 Å². The third-order valence-corrected chi connectivity index (χ3v) is 1.13. The lowest BCUT2D eigenvalue weighted by Gasteiger charge is -2.19. The van der Waals surface area contributed by atoms with E-state index >= 15 is 0 Å². The number of esters is 1. The first kappa shape index (κ1) is 10.8. The molecule has 0 aromatic heterocycles. The molecule has 5 nitrogen and oxygen atoms in total. The predicted octanol–water partition coefficient (Wildman–Crippen LogP) is -0.584. The average Bonchev–Trinajstić information content (AvgIpc) is 2.00. The van der Waals surface area contributed by atoms with Gasteiger partial charge in [0.2, 0.25) is 0 Å². The minimum atomic E-state index is -2.15. The number of carbonyl (C=O) groups is 3. The fraction of sp³-hybridized carbons (Fsp3) is 0.571. The summed E-state index contributed by atoms with van der Waals surface area (Å²) >= 11 is 0. The summed E-state index contributed by atoms with van der Waals surface area (Å²) in [7, 11) is 0. The van der Waals surface area contributed by atoms with Gasteiger partial charge in [-0.15, -0.1) is 0 Å². The first-order valence-electron chi connectivity index (χ1n) is 3.36. The Kier molecular flexibility index (Phi) is 4.14.